The van der Waals surface area contributed by atoms with Gasteiger partial charge in [-0.25, -0.2) is 0 Å². The zero-order valence-corrected chi connectivity index (χ0v) is 13.2. The van der Waals surface area contributed by atoms with Crippen LogP contribution in [0.5, 0.6) is 5.75 Å². The van der Waals surface area contributed by atoms with Crippen molar-refractivity contribution in [2.75, 3.05) is 24.3 Å². The van der Waals surface area contributed by atoms with Gasteiger partial charge in [-0.15, -0.1) is 0 Å². The number of ether oxygens (including phenoxy) is 1. The van der Waals surface area contributed by atoms with Crippen LogP contribution in [0, 0.1) is 5.92 Å². The number of nitrogens with one attached hydrogen (secondary N) is 3. The van der Waals surface area contributed by atoms with E-state index >= 15 is 0 Å². The summed E-state index contributed by atoms with van der Waals surface area (Å²) in [5.41, 5.74) is 1.26. The Morgan fingerprint density at radius 2 is 2.09 bits per heavy atom. The van der Waals surface area contributed by atoms with Crippen molar-refractivity contribution in [2.24, 2.45) is 5.92 Å². The Bertz CT molecular complexity index is 560. The summed E-state index contributed by atoms with van der Waals surface area (Å²) in [7, 11) is 1.53. The average Bonchev–Trinajstić information content (AvgIpc) is 2.48. The van der Waals surface area contributed by atoms with E-state index in [9.17, 15) is 9.59 Å². The minimum atomic E-state index is -0.168. The third-order valence-electron chi connectivity index (χ3n) is 3.77. The number of anilines is 2. The Labute approximate surface area is 130 Å². The topological polar surface area (TPSA) is 79.5 Å². The molecule has 0 unspecified atom stereocenters. The number of carbonyl (C=O) groups is 2. The van der Waals surface area contributed by atoms with E-state index in [4.69, 9.17) is 4.74 Å². The van der Waals surface area contributed by atoms with Gasteiger partial charge in [0.25, 0.3) is 0 Å². The van der Waals surface area contributed by atoms with Gasteiger partial charge in [0, 0.05) is 30.6 Å². The van der Waals surface area contributed by atoms with Crippen molar-refractivity contribution < 1.29 is 14.3 Å². The highest BCUT2D eigenvalue weighted by molar-refractivity contribution is 5.94. The molecule has 1 heterocycles. The Balaban J connectivity index is 2.06. The van der Waals surface area contributed by atoms with Gasteiger partial charge in [0.05, 0.1) is 12.8 Å². The predicted octanol–water partition coefficient (Wildman–Crippen LogP) is 1.98. The van der Waals surface area contributed by atoms with Crippen molar-refractivity contribution in [3.05, 3.63) is 18.2 Å². The minimum Gasteiger partial charge on any atom is -0.494 e. The zero-order chi connectivity index (χ0) is 16.1. The van der Waals surface area contributed by atoms with Crippen molar-refractivity contribution >= 4 is 23.2 Å². The average molecular weight is 305 g/mol. The third-order valence-corrected chi connectivity index (χ3v) is 3.77. The molecule has 1 aliphatic heterocycles. The molecular formula is C16H23N3O3. The summed E-state index contributed by atoms with van der Waals surface area (Å²) >= 11 is 0. The number of hydrogen-bond acceptors (Lipinski definition) is 4. The highest BCUT2D eigenvalue weighted by Gasteiger charge is 2.24. The molecule has 0 aromatic heterocycles. The first-order valence-corrected chi connectivity index (χ1v) is 7.49. The molecule has 0 aliphatic carbocycles. The van der Waals surface area contributed by atoms with E-state index in [1.54, 1.807) is 18.2 Å². The fourth-order valence-corrected chi connectivity index (χ4v) is 2.68. The molecule has 1 aromatic rings. The molecule has 1 aliphatic rings. The summed E-state index contributed by atoms with van der Waals surface area (Å²) in [6.45, 7) is 4.39. The number of methoxy groups -OCH3 is 1. The monoisotopic (exact) mass is 305 g/mol. The quantitative estimate of drug-likeness (QED) is 0.794. The molecule has 2 rings (SSSR count). The van der Waals surface area contributed by atoms with Crippen molar-refractivity contribution in [3.8, 4) is 5.75 Å². The van der Waals surface area contributed by atoms with Gasteiger partial charge < -0.3 is 20.7 Å². The summed E-state index contributed by atoms with van der Waals surface area (Å²) in [5, 5.41) is 8.95. The normalized spacial score (nSPS) is 21.0. The number of hydrogen-bond donors (Lipinski definition) is 3. The molecule has 2 atom stereocenters. The number of benzene rings is 1. The molecule has 2 amide bonds. The second kappa shape index (κ2) is 7.26. The van der Waals surface area contributed by atoms with Gasteiger partial charge in [-0.3, -0.25) is 9.59 Å². The van der Waals surface area contributed by atoms with E-state index in [0.29, 0.717) is 23.2 Å². The maximum Gasteiger partial charge on any atom is 0.227 e. The Hall–Kier alpha value is -2.08. The SMILES string of the molecule is COc1cc(NC(=O)[C@H]2CCN[C@@H](C)C2)ccc1NC(C)=O. The van der Waals surface area contributed by atoms with E-state index in [0.717, 1.165) is 19.4 Å². The second-order valence-corrected chi connectivity index (χ2v) is 5.66. The maximum atomic E-state index is 12.3. The maximum absolute atomic E-state index is 12.3. The largest absolute Gasteiger partial charge is 0.494 e. The summed E-state index contributed by atoms with van der Waals surface area (Å²) in [6, 6.07) is 5.56. The van der Waals surface area contributed by atoms with Crippen molar-refractivity contribution in [2.45, 2.75) is 32.7 Å². The fraction of sp³-hybridized carbons (Fsp3) is 0.500. The standard InChI is InChI=1S/C16H23N3O3/c1-10-8-12(6-7-17-10)16(21)19-13-4-5-14(18-11(2)20)15(9-13)22-3/h4-5,9-10,12,17H,6-8H2,1-3H3,(H,18,20)(H,19,21)/t10-,12-/m0/s1. The van der Waals surface area contributed by atoms with Crippen molar-refractivity contribution in [1.82, 2.24) is 5.32 Å². The second-order valence-electron chi connectivity index (χ2n) is 5.66. The zero-order valence-electron chi connectivity index (χ0n) is 13.2. The van der Waals surface area contributed by atoms with Crippen LogP contribution in [-0.2, 0) is 9.59 Å². The Morgan fingerprint density at radius 3 is 2.73 bits per heavy atom. The summed E-state index contributed by atoms with van der Waals surface area (Å²) in [6.07, 6.45) is 1.68. The van der Waals surface area contributed by atoms with Crippen LogP contribution in [-0.4, -0.2) is 31.5 Å². The number of piperidine rings is 1. The van der Waals surface area contributed by atoms with Crippen LogP contribution < -0.4 is 20.7 Å². The van der Waals surface area contributed by atoms with E-state index in [-0.39, 0.29) is 17.7 Å². The Morgan fingerprint density at radius 1 is 1.32 bits per heavy atom. The molecule has 3 N–H and O–H groups in total. The summed E-state index contributed by atoms with van der Waals surface area (Å²) < 4.78 is 5.25. The lowest BCUT2D eigenvalue weighted by Gasteiger charge is -2.27. The first-order chi connectivity index (χ1) is 10.5. The van der Waals surface area contributed by atoms with Crippen LogP contribution in [0.2, 0.25) is 0 Å². The van der Waals surface area contributed by atoms with Crippen LogP contribution in [0.25, 0.3) is 0 Å². The lowest BCUT2D eigenvalue weighted by molar-refractivity contribution is -0.121. The lowest BCUT2D eigenvalue weighted by atomic mass is 9.92. The number of rotatable bonds is 4. The fourth-order valence-electron chi connectivity index (χ4n) is 2.68. The molecule has 6 nitrogen and oxygen atoms in total. The van der Waals surface area contributed by atoms with Crippen LogP contribution in [0.1, 0.15) is 26.7 Å². The van der Waals surface area contributed by atoms with Crippen LogP contribution in [0.3, 0.4) is 0 Å². The van der Waals surface area contributed by atoms with Gasteiger partial charge >= 0.3 is 0 Å². The van der Waals surface area contributed by atoms with Gasteiger partial charge in [0.2, 0.25) is 11.8 Å². The van der Waals surface area contributed by atoms with E-state index < -0.39 is 0 Å². The van der Waals surface area contributed by atoms with Crippen molar-refractivity contribution in [3.63, 3.8) is 0 Å². The molecule has 0 spiro atoms. The van der Waals surface area contributed by atoms with Gasteiger partial charge in [-0.1, -0.05) is 0 Å². The molecule has 0 saturated carbocycles. The minimum absolute atomic E-state index is 0.0252. The van der Waals surface area contributed by atoms with Crippen LogP contribution >= 0.6 is 0 Å². The number of carbonyl (C=O) groups excluding carboxylic acids is 2. The molecule has 0 bridgehead atoms. The van der Waals surface area contributed by atoms with E-state index in [1.165, 1.54) is 14.0 Å². The first-order valence-electron chi connectivity index (χ1n) is 7.49. The molecule has 120 valence electrons. The van der Waals surface area contributed by atoms with Crippen LogP contribution in [0.4, 0.5) is 11.4 Å². The summed E-state index contributed by atoms with van der Waals surface area (Å²) in [4.78, 5) is 23.5. The molecule has 22 heavy (non-hydrogen) atoms. The summed E-state index contributed by atoms with van der Waals surface area (Å²) in [5.74, 6) is 0.408. The molecule has 6 heteroatoms. The third kappa shape index (κ3) is 4.21. The van der Waals surface area contributed by atoms with E-state index in [2.05, 4.69) is 22.9 Å². The van der Waals surface area contributed by atoms with Gasteiger partial charge in [-0.2, -0.15) is 0 Å². The molecule has 1 fully saturated rings. The van der Waals surface area contributed by atoms with E-state index in [1.807, 2.05) is 0 Å². The van der Waals surface area contributed by atoms with Gasteiger partial charge in [-0.05, 0) is 38.4 Å². The van der Waals surface area contributed by atoms with Gasteiger partial charge in [0.15, 0.2) is 0 Å². The Kier molecular flexibility index (Phi) is 5.38. The first kappa shape index (κ1) is 16.3. The lowest BCUT2D eigenvalue weighted by Crippen LogP contribution is -2.40. The highest BCUT2D eigenvalue weighted by atomic mass is 16.5. The molecule has 1 aromatic carbocycles. The van der Waals surface area contributed by atoms with Crippen molar-refractivity contribution in [1.29, 1.82) is 0 Å². The molecule has 1 saturated heterocycles. The van der Waals surface area contributed by atoms with Gasteiger partial charge in [0.1, 0.15) is 5.75 Å². The van der Waals surface area contributed by atoms with Crippen LogP contribution in [0.15, 0.2) is 18.2 Å². The molecular weight excluding hydrogens is 282 g/mol. The smallest absolute Gasteiger partial charge is 0.227 e. The molecule has 0 radical (unpaired) electrons. The number of amides is 2. The predicted molar refractivity (Wildman–Crippen MR) is 86.1 cm³/mol. The highest BCUT2D eigenvalue weighted by Crippen LogP contribution is 2.28.